The molecule has 1 aliphatic carbocycles. The number of halogens is 1. The molecule has 0 atom stereocenters. The van der Waals surface area contributed by atoms with Crippen molar-refractivity contribution >= 4 is 11.8 Å². The van der Waals surface area contributed by atoms with Crippen LogP contribution in [-0.4, -0.2) is 30.1 Å². The summed E-state index contributed by atoms with van der Waals surface area (Å²) >= 11 is 0. The predicted molar refractivity (Wildman–Crippen MR) is 57.6 cm³/mol. The number of anilines is 2. The standard InChI is InChI=1S/C10H15FN4/c1-12-10-13-6-8(11)9(14-10)15(2)7-4-3-5-7/h6-7H,3-5H2,1-2H3,(H,12,13,14). The van der Waals surface area contributed by atoms with E-state index >= 15 is 0 Å². The molecule has 4 nitrogen and oxygen atoms in total. The summed E-state index contributed by atoms with van der Waals surface area (Å²) in [5.41, 5.74) is 0. The zero-order chi connectivity index (χ0) is 10.8. The summed E-state index contributed by atoms with van der Waals surface area (Å²) in [6, 6.07) is 0.430. The monoisotopic (exact) mass is 210 g/mol. The van der Waals surface area contributed by atoms with Crippen LogP contribution in [0.3, 0.4) is 0 Å². The fraction of sp³-hybridized carbons (Fsp3) is 0.600. The Balaban J connectivity index is 2.24. The Kier molecular flexibility index (Phi) is 2.70. The highest BCUT2D eigenvalue weighted by Gasteiger charge is 2.25. The summed E-state index contributed by atoms with van der Waals surface area (Å²) in [5.74, 6) is 0.486. The lowest BCUT2D eigenvalue weighted by Gasteiger charge is -2.35. The van der Waals surface area contributed by atoms with Crippen LogP contribution in [0.1, 0.15) is 19.3 Å². The van der Waals surface area contributed by atoms with Gasteiger partial charge in [-0.3, -0.25) is 0 Å². The molecule has 0 aliphatic heterocycles. The molecule has 1 aliphatic rings. The smallest absolute Gasteiger partial charge is 0.224 e. The lowest BCUT2D eigenvalue weighted by molar-refractivity contribution is 0.395. The molecular weight excluding hydrogens is 195 g/mol. The van der Waals surface area contributed by atoms with Crippen LogP contribution in [0.15, 0.2) is 6.20 Å². The molecule has 2 rings (SSSR count). The van der Waals surface area contributed by atoms with Gasteiger partial charge >= 0.3 is 0 Å². The maximum Gasteiger partial charge on any atom is 0.224 e. The second-order valence-electron chi connectivity index (χ2n) is 3.81. The van der Waals surface area contributed by atoms with Crippen LogP contribution >= 0.6 is 0 Å². The zero-order valence-corrected chi connectivity index (χ0v) is 9.00. The number of hydrogen-bond acceptors (Lipinski definition) is 4. The maximum atomic E-state index is 13.5. The summed E-state index contributed by atoms with van der Waals surface area (Å²) in [6.07, 6.45) is 4.67. The minimum Gasteiger partial charge on any atom is -0.357 e. The normalized spacial score (nSPS) is 15.9. The summed E-state index contributed by atoms with van der Waals surface area (Å²) in [4.78, 5) is 9.85. The number of hydrogen-bond donors (Lipinski definition) is 1. The Bertz CT molecular complexity index is 351. The van der Waals surface area contributed by atoms with E-state index in [1.54, 1.807) is 7.05 Å². The van der Waals surface area contributed by atoms with E-state index in [0.717, 1.165) is 12.8 Å². The molecule has 0 bridgehead atoms. The summed E-state index contributed by atoms with van der Waals surface area (Å²) in [6.45, 7) is 0. The lowest BCUT2D eigenvalue weighted by Crippen LogP contribution is -2.38. The minimum absolute atomic E-state index is 0.358. The molecule has 15 heavy (non-hydrogen) atoms. The second-order valence-corrected chi connectivity index (χ2v) is 3.81. The predicted octanol–water partition coefficient (Wildman–Crippen LogP) is 1.65. The van der Waals surface area contributed by atoms with Crippen LogP contribution in [0.25, 0.3) is 0 Å². The van der Waals surface area contributed by atoms with E-state index in [9.17, 15) is 4.39 Å². The molecule has 1 aromatic rings. The molecule has 0 spiro atoms. The summed E-state index contributed by atoms with van der Waals surface area (Å²) in [5, 5.41) is 2.81. The van der Waals surface area contributed by atoms with E-state index in [0.29, 0.717) is 17.8 Å². The van der Waals surface area contributed by atoms with Crippen molar-refractivity contribution in [1.29, 1.82) is 0 Å². The molecule has 0 saturated heterocycles. The average Bonchev–Trinajstić information content (AvgIpc) is 2.15. The van der Waals surface area contributed by atoms with Crippen LogP contribution in [0.5, 0.6) is 0 Å². The minimum atomic E-state index is -0.358. The quantitative estimate of drug-likeness (QED) is 0.823. The average molecular weight is 210 g/mol. The first-order valence-corrected chi connectivity index (χ1v) is 5.15. The highest BCUT2D eigenvalue weighted by Crippen LogP contribution is 2.28. The second kappa shape index (κ2) is 4.00. The SMILES string of the molecule is CNc1ncc(F)c(N(C)C2CCC2)n1. The van der Waals surface area contributed by atoms with Gasteiger partial charge in [0.15, 0.2) is 11.6 Å². The van der Waals surface area contributed by atoms with Crippen LogP contribution in [0.2, 0.25) is 0 Å². The van der Waals surface area contributed by atoms with Gasteiger partial charge in [-0.2, -0.15) is 4.98 Å². The fourth-order valence-corrected chi connectivity index (χ4v) is 1.67. The molecule has 0 aromatic carbocycles. The molecular formula is C10H15FN4. The molecule has 0 radical (unpaired) electrons. The van der Waals surface area contributed by atoms with Crippen LogP contribution < -0.4 is 10.2 Å². The lowest BCUT2D eigenvalue weighted by atomic mass is 9.92. The third-order valence-electron chi connectivity index (χ3n) is 2.91. The van der Waals surface area contributed by atoms with Gasteiger partial charge in [0, 0.05) is 20.1 Å². The van der Waals surface area contributed by atoms with Gasteiger partial charge in [0.1, 0.15) is 0 Å². The number of nitrogens with zero attached hydrogens (tertiary/aromatic N) is 3. The van der Waals surface area contributed by atoms with Gasteiger partial charge in [-0.1, -0.05) is 0 Å². The van der Waals surface area contributed by atoms with Gasteiger partial charge < -0.3 is 10.2 Å². The highest BCUT2D eigenvalue weighted by atomic mass is 19.1. The first-order valence-electron chi connectivity index (χ1n) is 5.15. The zero-order valence-electron chi connectivity index (χ0n) is 9.00. The molecule has 1 saturated carbocycles. The Morgan fingerprint density at radius 1 is 1.53 bits per heavy atom. The number of rotatable bonds is 3. The largest absolute Gasteiger partial charge is 0.357 e. The van der Waals surface area contributed by atoms with Gasteiger partial charge in [-0.05, 0) is 19.3 Å². The van der Waals surface area contributed by atoms with Crippen molar-refractivity contribution in [3.8, 4) is 0 Å². The molecule has 0 amide bonds. The van der Waals surface area contributed by atoms with Crippen LogP contribution in [-0.2, 0) is 0 Å². The van der Waals surface area contributed by atoms with E-state index in [4.69, 9.17) is 0 Å². The third kappa shape index (κ3) is 1.86. The van der Waals surface area contributed by atoms with Crippen LogP contribution in [0, 0.1) is 5.82 Å². The first-order chi connectivity index (χ1) is 7.22. The van der Waals surface area contributed by atoms with Crippen molar-refractivity contribution in [2.75, 3.05) is 24.3 Å². The molecule has 1 fully saturated rings. The van der Waals surface area contributed by atoms with Crippen molar-refractivity contribution in [2.24, 2.45) is 0 Å². The Morgan fingerprint density at radius 3 is 2.80 bits per heavy atom. The van der Waals surface area contributed by atoms with Gasteiger partial charge in [0.25, 0.3) is 0 Å². The summed E-state index contributed by atoms with van der Waals surface area (Å²) < 4.78 is 13.5. The molecule has 5 heteroatoms. The molecule has 1 aromatic heterocycles. The van der Waals surface area contributed by atoms with Crippen molar-refractivity contribution in [3.05, 3.63) is 12.0 Å². The number of aromatic nitrogens is 2. The van der Waals surface area contributed by atoms with Gasteiger partial charge in [-0.15, -0.1) is 0 Å². The molecule has 1 heterocycles. The van der Waals surface area contributed by atoms with Crippen LogP contribution in [0.4, 0.5) is 16.2 Å². The maximum absolute atomic E-state index is 13.5. The molecule has 82 valence electrons. The van der Waals surface area contributed by atoms with E-state index in [1.807, 2.05) is 11.9 Å². The van der Waals surface area contributed by atoms with Crippen molar-refractivity contribution < 1.29 is 4.39 Å². The van der Waals surface area contributed by atoms with Crippen molar-refractivity contribution in [1.82, 2.24) is 9.97 Å². The topological polar surface area (TPSA) is 41.1 Å². The van der Waals surface area contributed by atoms with Crippen molar-refractivity contribution in [3.63, 3.8) is 0 Å². The summed E-state index contributed by atoms with van der Waals surface area (Å²) in [7, 11) is 3.61. The Morgan fingerprint density at radius 2 is 2.27 bits per heavy atom. The number of nitrogens with one attached hydrogen (secondary N) is 1. The van der Waals surface area contributed by atoms with E-state index in [-0.39, 0.29) is 5.82 Å². The Labute approximate surface area is 88.5 Å². The van der Waals surface area contributed by atoms with Gasteiger partial charge in [-0.25, -0.2) is 9.37 Å². The van der Waals surface area contributed by atoms with E-state index < -0.39 is 0 Å². The Hall–Kier alpha value is -1.39. The van der Waals surface area contributed by atoms with E-state index in [1.165, 1.54) is 12.6 Å². The van der Waals surface area contributed by atoms with Crippen molar-refractivity contribution in [2.45, 2.75) is 25.3 Å². The van der Waals surface area contributed by atoms with E-state index in [2.05, 4.69) is 15.3 Å². The van der Waals surface area contributed by atoms with Gasteiger partial charge in [0.2, 0.25) is 5.95 Å². The molecule has 1 N–H and O–H groups in total. The molecule has 0 unspecified atom stereocenters. The third-order valence-corrected chi connectivity index (χ3v) is 2.91. The van der Waals surface area contributed by atoms with Gasteiger partial charge in [0.05, 0.1) is 6.20 Å². The first kappa shape index (κ1) is 10.1. The highest BCUT2D eigenvalue weighted by molar-refractivity contribution is 5.44. The fourth-order valence-electron chi connectivity index (χ4n) is 1.67.